The first-order valence-corrected chi connectivity index (χ1v) is 6.25. The highest BCUT2D eigenvalue weighted by molar-refractivity contribution is 5.26. The molecule has 1 saturated carbocycles. The third-order valence-corrected chi connectivity index (χ3v) is 3.77. The van der Waals surface area contributed by atoms with Crippen LogP contribution >= 0.6 is 0 Å². The number of hydrogen-bond acceptors (Lipinski definition) is 1. The highest BCUT2D eigenvalue weighted by Crippen LogP contribution is 2.41. The first-order chi connectivity index (χ1) is 8.41. The van der Waals surface area contributed by atoms with Gasteiger partial charge in [0.2, 0.25) is 0 Å². The lowest BCUT2D eigenvalue weighted by atomic mass is 9.99. The van der Waals surface area contributed by atoms with Crippen LogP contribution in [0.3, 0.4) is 0 Å². The summed E-state index contributed by atoms with van der Waals surface area (Å²) in [6, 6.07) is 5.92. The highest BCUT2D eigenvalue weighted by atomic mass is 19.4. The zero-order valence-electron chi connectivity index (χ0n) is 10.6. The van der Waals surface area contributed by atoms with Crippen LogP contribution in [0.2, 0.25) is 0 Å². The Hall–Kier alpha value is -1.03. The van der Waals surface area contributed by atoms with Gasteiger partial charge in [0.1, 0.15) is 0 Å². The van der Waals surface area contributed by atoms with E-state index in [1.54, 1.807) is 6.07 Å². The number of rotatable bonds is 4. The summed E-state index contributed by atoms with van der Waals surface area (Å²) < 4.78 is 37.8. The van der Waals surface area contributed by atoms with Crippen LogP contribution in [-0.2, 0) is 12.6 Å². The molecule has 1 N–H and O–H groups in total. The Balaban J connectivity index is 2.09. The van der Waals surface area contributed by atoms with Gasteiger partial charge in [-0.2, -0.15) is 13.2 Å². The molecule has 3 unspecified atom stereocenters. The normalized spacial score (nSPS) is 24.9. The zero-order valence-corrected chi connectivity index (χ0v) is 10.6. The van der Waals surface area contributed by atoms with E-state index in [9.17, 15) is 13.2 Å². The number of hydrogen-bond donors (Lipinski definition) is 1. The Morgan fingerprint density at radius 1 is 1.39 bits per heavy atom. The lowest BCUT2D eigenvalue weighted by molar-refractivity contribution is -0.137. The van der Waals surface area contributed by atoms with E-state index in [4.69, 9.17) is 0 Å². The van der Waals surface area contributed by atoms with Crippen LogP contribution in [0, 0.1) is 11.8 Å². The predicted molar refractivity (Wildman–Crippen MR) is 65.3 cm³/mol. The van der Waals surface area contributed by atoms with E-state index in [1.165, 1.54) is 18.6 Å². The first kappa shape index (κ1) is 13.4. The molecule has 0 spiro atoms. The van der Waals surface area contributed by atoms with E-state index in [2.05, 4.69) is 12.2 Å². The van der Waals surface area contributed by atoms with Gasteiger partial charge in [-0.25, -0.2) is 0 Å². The molecule has 1 aliphatic rings. The minimum Gasteiger partial charge on any atom is -0.316 e. The van der Waals surface area contributed by atoms with E-state index < -0.39 is 11.7 Å². The molecule has 4 heteroatoms. The molecule has 1 aromatic rings. The van der Waals surface area contributed by atoms with Crippen LogP contribution < -0.4 is 5.32 Å². The van der Waals surface area contributed by atoms with Crippen molar-refractivity contribution in [3.05, 3.63) is 35.4 Å². The minimum atomic E-state index is -4.25. The topological polar surface area (TPSA) is 12.0 Å². The van der Waals surface area contributed by atoms with Gasteiger partial charge in [0.15, 0.2) is 0 Å². The summed E-state index contributed by atoms with van der Waals surface area (Å²) in [4.78, 5) is 0. The number of likely N-dealkylation sites (N-methyl/N-ethyl adjacent to an activating group) is 1. The van der Waals surface area contributed by atoms with Gasteiger partial charge in [-0.1, -0.05) is 25.1 Å². The van der Waals surface area contributed by atoms with Gasteiger partial charge in [-0.3, -0.25) is 0 Å². The summed E-state index contributed by atoms with van der Waals surface area (Å²) in [5, 5.41) is 3.22. The molecule has 100 valence electrons. The third-order valence-electron chi connectivity index (χ3n) is 3.77. The van der Waals surface area contributed by atoms with Crippen molar-refractivity contribution in [2.75, 3.05) is 7.05 Å². The van der Waals surface area contributed by atoms with E-state index >= 15 is 0 Å². The Morgan fingerprint density at radius 2 is 2.06 bits per heavy atom. The fraction of sp³-hybridized carbons (Fsp3) is 0.571. The SMILES string of the molecule is CNC(Cc1cccc(C(F)(F)F)c1)C1CC1C. The molecule has 1 aromatic carbocycles. The van der Waals surface area contributed by atoms with Gasteiger partial charge in [0, 0.05) is 6.04 Å². The molecule has 18 heavy (non-hydrogen) atoms. The summed E-state index contributed by atoms with van der Waals surface area (Å²) in [7, 11) is 1.88. The summed E-state index contributed by atoms with van der Waals surface area (Å²) in [6.07, 6.45) is -2.42. The van der Waals surface area contributed by atoms with Gasteiger partial charge in [0.25, 0.3) is 0 Å². The molecule has 3 atom stereocenters. The monoisotopic (exact) mass is 257 g/mol. The zero-order chi connectivity index (χ0) is 13.3. The highest BCUT2D eigenvalue weighted by Gasteiger charge is 2.38. The summed E-state index contributed by atoms with van der Waals surface area (Å²) in [5.74, 6) is 1.29. The number of halogens is 3. The predicted octanol–water partition coefficient (Wildman–Crippen LogP) is 3.49. The van der Waals surface area contributed by atoms with Crippen molar-refractivity contribution in [1.29, 1.82) is 0 Å². The maximum absolute atomic E-state index is 12.6. The van der Waals surface area contributed by atoms with Crippen LogP contribution in [0.25, 0.3) is 0 Å². The van der Waals surface area contributed by atoms with Crippen molar-refractivity contribution in [3.63, 3.8) is 0 Å². The van der Waals surface area contributed by atoms with Crippen LogP contribution in [0.4, 0.5) is 13.2 Å². The maximum atomic E-state index is 12.6. The number of nitrogens with one attached hydrogen (secondary N) is 1. The fourth-order valence-electron chi connectivity index (χ4n) is 2.51. The van der Waals surface area contributed by atoms with Gasteiger partial charge in [-0.15, -0.1) is 0 Å². The molecule has 1 aliphatic carbocycles. The number of benzene rings is 1. The van der Waals surface area contributed by atoms with Crippen molar-refractivity contribution < 1.29 is 13.2 Å². The second kappa shape index (κ2) is 4.92. The van der Waals surface area contributed by atoms with Crippen molar-refractivity contribution in [3.8, 4) is 0 Å². The van der Waals surface area contributed by atoms with Crippen molar-refractivity contribution in [2.24, 2.45) is 11.8 Å². The molecule has 1 nitrogen and oxygen atoms in total. The summed E-state index contributed by atoms with van der Waals surface area (Å²) in [6.45, 7) is 2.18. The molecule has 1 fully saturated rings. The van der Waals surface area contributed by atoms with Gasteiger partial charge in [-0.05, 0) is 43.4 Å². The molecule has 2 rings (SSSR count). The molecule has 0 saturated heterocycles. The molecule has 0 heterocycles. The molecular formula is C14H18F3N. The Labute approximate surface area is 105 Å². The van der Waals surface area contributed by atoms with Crippen molar-refractivity contribution in [1.82, 2.24) is 5.32 Å². The average molecular weight is 257 g/mol. The lowest BCUT2D eigenvalue weighted by Crippen LogP contribution is -2.30. The van der Waals surface area contributed by atoms with E-state index in [0.717, 1.165) is 11.6 Å². The van der Waals surface area contributed by atoms with Crippen LogP contribution in [0.1, 0.15) is 24.5 Å². The van der Waals surface area contributed by atoms with Crippen molar-refractivity contribution >= 4 is 0 Å². The first-order valence-electron chi connectivity index (χ1n) is 6.25. The van der Waals surface area contributed by atoms with E-state index in [-0.39, 0.29) is 6.04 Å². The second-order valence-electron chi connectivity index (χ2n) is 5.17. The summed E-state index contributed by atoms with van der Waals surface area (Å²) >= 11 is 0. The Morgan fingerprint density at radius 3 is 2.56 bits per heavy atom. The second-order valence-corrected chi connectivity index (χ2v) is 5.17. The Bertz CT molecular complexity index is 414. The quantitative estimate of drug-likeness (QED) is 0.870. The molecule has 0 aromatic heterocycles. The molecule has 0 amide bonds. The van der Waals surface area contributed by atoms with Crippen molar-refractivity contribution in [2.45, 2.75) is 32.0 Å². The van der Waals surface area contributed by atoms with Crippen LogP contribution in [0.15, 0.2) is 24.3 Å². The molecule has 0 radical (unpaired) electrons. The fourth-order valence-corrected chi connectivity index (χ4v) is 2.51. The van der Waals surface area contributed by atoms with E-state index in [0.29, 0.717) is 18.3 Å². The maximum Gasteiger partial charge on any atom is 0.416 e. The van der Waals surface area contributed by atoms with Gasteiger partial charge >= 0.3 is 6.18 Å². The smallest absolute Gasteiger partial charge is 0.316 e. The Kier molecular flexibility index (Phi) is 3.66. The molecule has 0 aliphatic heterocycles. The number of alkyl halides is 3. The standard InChI is InChI=1S/C14H18F3N/c1-9-6-12(9)13(18-2)8-10-4-3-5-11(7-10)14(15,16)17/h3-5,7,9,12-13,18H,6,8H2,1-2H3. The van der Waals surface area contributed by atoms with Gasteiger partial charge in [0.05, 0.1) is 5.56 Å². The average Bonchev–Trinajstić information content (AvgIpc) is 3.02. The summed E-state index contributed by atoms with van der Waals surface area (Å²) in [5.41, 5.74) is 0.196. The largest absolute Gasteiger partial charge is 0.416 e. The molecule has 0 bridgehead atoms. The molecular weight excluding hydrogens is 239 g/mol. The van der Waals surface area contributed by atoms with Crippen LogP contribution in [-0.4, -0.2) is 13.1 Å². The van der Waals surface area contributed by atoms with Gasteiger partial charge < -0.3 is 5.32 Å². The minimum absolute atomic E-state index is 0.281. The van der Waals surface area contributed by atoms with Crippen LogP contribution in [0.5, 0.6) is 0 Å². The third kappa shape index (κ3) is 3.05. The van der Waals surface area contributed by atoms with E-state index in [1.807, 2.05) is 7.05 Å². The lowest BCUT2D eigenvalue weighted by Gasteiger charge is -2.17.